The van der Waals surface area contributed by atoms with Crippen LogP contribution in [0.2, 0.25) is 0 Å². The molecule has 0 radical (unpaired) electrons. The fraction of sp³-hybridized carbons (Fsp3) is 0.571. The van der Waals surface area contributed by atoms with Gasteiger partial charge in [0, 0.05) is 18.8 Å². The SMILES string of the molecule is C=CCOC(=O)C1=C(SCC2CCN(C(=O)OCC=C)CC2)S[C@@H]2[C@@H]([C@@H](C)O)C(=O)N12. The minimum absolute atomic E-state index is 0.0673. The second kappa shape index (κ2) is 10.6. The summed E-state index contributed by atoms with van der Waals surface area (Å²) in [6, 6.07) is 0. The van der Waals surface area contributed by atoms with Gasteiger partial charge >= 0.3 is 12.1 Å². The third kappa shape index (κ3) is 5.12. The molecule has 0 aromatic carbocycles. The number of ether oxygens (including phenoxy) is 2. The van der Waals surface area contributed by atoms with E-state index in [9.17, 15) is 19.5 Å². The van der Waals surface area contributed by atoms with Crippen molar-refractivity contribution in [2.24, 2.45) is 11.8 Å². The first-order chi connectivity index (χ1) is 14.9. The second-order valence-corrected chi connectivity index (χ2v) is 10.0. The lowest BCUT2D eigenvalue weighted by atomic mass is 9.92. The normalized spacial score (nSPS) is 24.4. The molecule has 0 aromatic rings. The number of hydrogen-bond donors (Lipinski definition) is 1. The van der Waals surface area contributed by atoms with Crippen molar-refractivity contribution in [3.05, 3.63) is 35.2 Å². The van der Waals surface area contributed by atoms with Crippen molar-refractivity contribution in [1.29, 1.82) is 0 Å². The highest BCUT2D eigenvalue weighted by Crippen LogP contribution is 2.54. The van der Waals surface area contributed by atoms with Crippen LogP contribution >= 0.6 is 23.5 Å². The Hall–Kier alpha value is -1.91. The summed E-state index contributed by atoms with van der Waals surface area (Å²) in [5.74, 6) is -0.169. The van der Waals surface area contributed by atoms with Crippen molar-refractivity contribution in [1.82, 2.24) is 9.80 Å². The highest BCUT2D eigenvalue weighted by molar-refractivity contribution is 8.22. The molecule has 0 unspecified atom stereocenters. The van der Waals surface area contributed by atoms with Gasteiger partial charge in [0.05, 0.1) is 16.3 Å². The van der Waals surface area contributed by atoms with Crippen LogP contribution in [0, 0.1) is 11.8 Å². The maximum absolute atomic E-state index is 12.6. The van der Waals surface area contributed by atoms with E-state index in [1.807, 2.05) is 0 Å². The highest BCUT2D eigenvalue weighted by atomic mass is 32.2. The molecular weight excluding hydrogens is 440 g/mol. The van der Waals surface area contributed by atoms with Crippen molar-refractivity contribution in [2.75, 3.05) is 32.1 Å². The Morgan fingerprint density at radius 3 is 2.52 bits per heavy atom. The Morgan fingerprint density at radius 1 is 1.26 bits per heavy atom. The van der Waals surface area contributed by atoms with Crippen LogP contribution in [0.3, 0.4) is 0 Å². The van der Waals surface area contributed by atoms with Gasteiger partial charge in [-0.2, -0.15) is 0 Å². The largest absolute Gasteiger partial charge is 0.457 e. The number of piperidine rings is 1. The van der Waals surface area contributed by atoms with Gasteiger partial charge < -0.3 is 19.5 Å². The number of carbonyl (C=O) groups is 3. The molecule has 2 amide bonds. The molecule has 0 bridgehead atoms. The molecule has 3 aliphatic rings. The van der Waals surface area contributed by atoms with Crippen molar-refractivity contribution < 1.29 is 29.0 Å². The van der Waals surface area contributed by atoms with E-state index in [4.69, 9.17) is 9.47 Å². The summed E-state index contributed by atoms with van der Waals surface area (Å²) in [5.41, 5.74) is 0.272. The molecule has 10 heteroatoms. The monoisotopic (exact) mass is 468 g/mol. The van der Waals surface area contributed by atoms with Crippen LogP contribution in [0.4, 0.5) is 4.79 Å². The number of aliphatic hydroxyl groups excluding tert-OH is 1. The molecule has 3 heterocycles. The standard InChI is InChI=1S/C21H28N2O6S2/c1-4-10-28-19(26)16-20(31-18-15(13(3)24)17(25)23(16)18)30-12-14-6-8-22(9-7-14)21(27)29-11-5-2/h4-5,13-15,18,24H,1-2,6-12H2,3H3/t13-,15+,18-/m1/s1. The molecule has 0 aliphatic carbocycles. The highest BCUT2D eigenvalue weighted by Gasteiger charge is 2.58. The number of likely N-dealkylation sites (tertiary alicyclic amines) is 1. The Bertz CT molecular complexity index is 776. The molecule has 0 saturated carbocycles. The van der Waals surface area contributed by atoms with Crippen molar-refractivity contribution in [3.8, 4) is 0 Å². The minimum Gasteiger partial charge on any atom is -0.457 e. The van der Waals surface area contributed by atoms with Crippen molar-refractivity contribution in [3.63, 3.8) is 0 Å². The predicted molar refractivity (Wildman–Crippen MR) is 120 cm³/mol. The van der Waals surface area contributed by atoms with E-state index >= 15 is 0 Å². The number of amides is 2. The van der Waals surface area contributed by atoms with Gasteiger partial charge in [0.2, 0.25) is 5.91 Å². The molecule has 31 heavy (non-hydrogen) atoms. The molecule has 1 N–H and O–H groups in total. The van der Waals surface area contributed by atoms with E-state index in [1.165, 1.54) is 34.5 Å². The number of aliphatic hydroxyl groups is 1. The van der Waals surface area contributed by atoms with E-state index in [2.05, 4.69) is 13.2 Å². The molecule has 3 aliphatic heterocycles. The fourth-order valence-electron chi connectivity index (χ4n) is 3.74. The van der Waals surface area contributed by atoms with E-state index < -0.39 is 18.0 Å². The average molecular weight is 469 g/mol. The molecule has 3 atom stereocenters. The Labute approximate surface area is 190 Å². The first-order valence-corrected chi connectivity index (χ1v) is 12.1. The van der Waals surface area contributed by atoms with Crippen LogP contribution in [0.15, 0.2) is 35.2 Å². The Kier molecular flexibility index (Phi) is 8.12. The van der Waals surface area contributed by atoms with E-state index in [1.54, 1.807) is 17.9 Å². The predicted octanol–water partition coefficient (Wildman–Crippen LogP) is 2.56. The lowest BCUT2D eigenvalue weighted by Crippen LogP contribution is -2.60. The number of nitrogens with zero attached hydrogens (tertiary/aromatic N) is 2. The molecule has 8 nitrogen and oxygen atoms in total. The maximum Gasteiger partial charge on any atom is 0.410 e. The van der Waals surface area contributed by atoms with Crippen molar-refractivity contribution in [2.45, 2.75) is 31.2 Å². The quantitative estimate of drug-likeness (QED) is 0.313. The Morgan fingerprint density at radius 2 is 1.90 bits per heavy atom. The minimum atomic E-state index is -0.777. The topological polar surface area (TPSA) is 96.4 Å². The summed E-state index contributed by atoms with van der Waals surface area (Å²) in [6.07, 6.45) is 3.61. The molecular formula is C21H28N2O6S2. The molecule has 3 rings (SSSR count). The zero-order valence-corrected chi connectivity index (χ0v) is 19.2. The third-order valence-corrected chi connectivity index (χ3v) is 8.33. The number of rotatable bonds is 9. The van der Waals surface area contributed by atoms with Crippen LogP contribution in [0.25, 0.3) is 0 Å². The Balaban J connectivity index is 1.60. The van der Waals surface area contributed by atoms with Crippen LogP contribution in [-0.4, -0.2) is 76.4 Å². The summed E-state index contributed by atoms with van der Waals surface area (Å²) in [6.45, 7) is 10.2. The zero-order chi connectivity index (χ0) is 22.5. The second-order valence-electron chi connectivity index (χ2n) is 7.61. The maximum atomic E-state index is 12.6. The van der Waals surface area contributed by atoms with Gasteiger partial charge in [-0.25, -0.2) is 9.59 Å². The van der Waals surface area contributed by atoms with Gasteiger partial charge in [0.25, 0.3) is 0 Å². The molecule has 170 valence electrons. The van der Waals surface area contributed by atoms with Crippen LogP contribution in [-0.2, 0) is 19.1 Å². The van der Waals surface area contributed by atoms with E-state index in [-0.39, 0.29) is 36.3 Å². The van der Waals surface area contributed by atoms with Crippen LogP contribution < -0.4 is 0 Å². The third-order valence-electron chi connectivity index (χ3n) is 5.44. The first kappa shape index (κ1) is 23.7. The molecule has 2 saturated heterocycles. The molecule has 0 spiro atoms. The lowest BCUT2D eigenvalue weighted by Gasteiger charge is -2.43. The number of thioether (sulfide) groups is 2. The number of β-lactam (4-membered cyclic amide) rings is 1. The van der Waals surface area contributed by atoms with E-state index in [0.717, 1.165) is 22.8 Å². The van der Waals surface area contributed by atoms with Gasteiger partial charge in [-0.15, -0.1) is 11.8 Å². The van der Waals surface area contributed by atoms with Gasteiger partial charge in [0.15, 0.2) is 5.70 Å². The molecule has 2 fully saturated rings. The average Bonchev–Trinajstić information content (AvgIpc) is 3.08. The summed E-state index contributed by atoms with van der Waals surface area (Å²) < 4.78 is 11.0. The number of fused-ring (bicyclic) bond motifs is 1. The summed E-state index contributed by atoms with van der Waals surface area (Å²) >= 11 is 2.98. The van der Waals surface area contributed by atoms with Gasteiger partial charge in [0.1, 0.15) is 18.6 Å². The van der Waals surface area contributed by atoms with Gasteiger partial charge in [-0.1, -0.05) is 37.1 Å². The smallest absolute Gasteiger partial charge is 0.410 e. The van der Waals surface area contributed by atoms with Crippen LogP contribution in [0.5, 0.6) is 0 Å². The van der Waals surface area contributed by atoms with Gasteiger partial charge in [-0.05, 0) is 25.7 Å². The summed E-state index contributed by atoms with van der Waals surface area (Å²) in [7, 11) is 0. The number of carbonyl (C=O) groups excluding carboxylic acids is 3. The summed E-state index contributed by atoms with van der Waals surface area (Å²) in [4.78, 5) is 40.2. The van der Waals surface area contributed by atoms with Crippen molar-refractivity contribution >= 4 is 41.5 Å². The fourth-order valence-corrected chi connectivity index (χ4v) is 6.87. The van der Waals surface area contributed by atoms with E-state index in [0.29, 0.717) is 19.0 Å². The number of hydrogen-bond acceptors (Lipinski definition) is 8. The lowest BCUT2D eigenvalue weighted by molar-refractivity contribution is -0.157. The first-order valence-electron chi connectivity index (χ1n) is 10.2. The number of esters is 1. The van der Waals surface area contributed by atoms with Gasteiger partial charge in [-0.3, -0.25) is 9.69 Å². The molecule has 0 aromatic heterocycles. The van der Waals surface area contributed by atoms with Crippen LogP contribution in [0.1, 0.15) is 19.8 Å². The zero-order valence-electron chi connectivity index (χ0n) is 17.5. The summed E-state index contributed by atoms with van der Waals surface area (Å²) in [5, 5.41) is 9.66.